The average molecular weight is 516 g/mol. The van der Waals surface area contributed by atoms with Crippen LogP contribution in [0.15, 0.2) is 21.3 Å². The van der Waals surface area contributed by atoms with Crippen LogP contribution in [-0.2, 0) is 14.2 Å². The van der Waals surface area contributed by atoms with Crippen molar-refractivity contribution < 1.29 is 64.2 Å². The van der Waals surface area contributed by atoms with Crippen LogP contribution < -0.4 is 10.2 Å². The molecule has 10 unspecified atom stereocenters. The molecule has 0 aliphatic carbocycles. The van der Waals surface area contributed by atoms with Gasteiger partial charge in [0.05, 0.1) is 12.7 Å². The van der Waals surface area contributed by atoms with Gasteiger partial charge in [-0.15, -0.1) is 0 Å². The van der Waals surface area contributed by atoms with Gasteiger partial charge < -0.3 is 64.2 Å². The number of aryl methyl sites for hydroxylation is 1. The van der Waals surface area contributed by atoms with Crippen molar-refractivity contribution in [2.24, 2.45) is 0 Å². The Morgan fingerprint density at radius 2 is 1.47 bits per heavy atom. The predicted octanol–water partition coefficient (Wildman–Crippen LogP) is -2.46. The van der Waals surface area contributed by atoms with Crippen LogP contribution in [0.4, 0.5) is 0 Å². The van der Waals surface area contributed by atoms with Gasteiger partial charge in [0.1, 0.15) is 59.5 Å². The monoisotopic (exact) mass is 516 g/mol. The summed E-state index contributed by atoms with van der Waals surface area (Å²) < 4.78 is 27.0. The second-order valence-electron chi connectivity index (χ2n) is 8.81. The summed E-state index contributed by atoms with van der Waals surface area (Å²) in [4.78, 5) is 12.2. The van der Waals surface area contributed by atoms with Gasteiger partial charge in [-0.2, -0.15) is 0 Å². The first-order valence-corrected chi connectivity index (χ1v) is 11.1. The van der Waals surface area contributed by atoms with E-state index in [1.54, 1.807) is 0 Å². The fraction of sp³-hybridized carbons (Fsp3) is 0.591. The summed E-state index contributed by atoms with van der Waals surface area (Å²) >= 11 is 0. The van der Waals surface area contributed by atoms with Crippen LogP contribution in [-0.4, -0.2) is 109 Å². The highest BCUT2D eigenvalue weighted by molar-refractivity contribution is 5.88. The van der Waals surface area contributed by atoms with E-state index in [1.807, 2.05) is 0 Å². The molecule has 2 aliphatic heterocycles. The van der Waals surface area contributed by atoms with E-state index in [1.165, 1.54) is 13.8 Å². The van der Waals surface area contributed by atoms with Crippen molar-refractivity contribution in [2.45, 2.75) is 75.3 Å². The minimum atomic E-state index is -1.83. The van der Waals surface area contributed by atoms with Crippen molar-refractivity contribution >= 4 is 11.0 Å². The molecule has 2 saturated heterocycles. The topological polar surface area (TPSA) is 229 Å². The van der Waals surface area contributed by atoms with Gasteiger partial charge in [0.25, 0.3) is 0 Å². The van der Waals surface area contributed by atoms with Crippen molar-refractivity contribution in [3.63, 3.8) is 0 Å². The zero-order valence-electron chi connectivity index (χ0n) is 19.2. The van der Waals surface area contributed by atoms with Crippen LogP contribution in [0.5, 0.6) is 17.2 Å². The zero-order valence-corrected chi connectivity index (χ0v) is 19.2. The molecule has 0 bridgehead atoms. The lowest BCUT2D eigenvalue weighted by Gasteiger charge is -2.42. The number of phenolic OH excluding ortho intramolecular Hbond substituents is 2. The van der Waals surface area contributed by atoms with E-state index < -0.39 is 90.7 Å². The third-order valence-corrected chi connectivity index (χ3v) is 6.20. The van der Waals surface area contributed by atoms with E-state index in [2.05, 4.69) is 0 Å². The number of aromatic hydroxyl groups is 2. The summed E-state index contributed by atoms with van der Waals surface area (Å²) in [7, 11) is 0. The van der Waals surface area contributed by atoms with E-state index in [9.17, 15) is 45.6 Å². The second-order valence-corrected chi connectivity index (χ2v) is 8.81. The van der Waals surface area contributed by atoms with Gasteiger partial charge in [-0.05, 0) is 13.8 Å². The van der Waals surface area contributed by atoms with E-state index >= 15 is 0 Å². The molecule has 0 saturated carbocycles. The SMILES string of the molecule is Cc1cc(=O)c2c(O)c(O)c(OC3OC(COC4OC(C)C(O)C(O)C4O)C(O)C(O)C3O)cc2o1. The first kappa shape index (κ1) is 26.5. The van der Waals surface area contributed by atoms with Gasteiger partial charge in [-0.1, -0.05) is 0 Å². The highest BCUT2D eigenvalue weighted by Gasteiger charge is 2.47. The molecule has 0 radical (unpaired) electrons. The van der Waals surface area contributed by atoms with Crippen molar-refractivity contribution in [3.05, 3.63) is 28.1 Å². The highest BCUT2D eigenvalue weighted by atomic mass is 16.7. The van der Waals surface area contributed by atoms with Gasteiger partial charge in [0.2, 0.25) is 12.0 Å². The van der Waals surface area contributed by atoms with E-state index in [4.69, 9.17) is 23.4 Å². The van der Waals surface area contributed by atoms with Gasteiger partial charge in [0, 0.05) is 12.1 Å². The van der Waals surface area contributed by atoms with Gasteiger partial charge in [-0.25, -0.2) is 0 Å². The van der Waals surface area contributed by atoms with Gasteiger partial charge >= 0.3 is 0 Å². The van der Waals surface area contributed by atoms with Crippen LogP contribution in [0.25, 0.3) is 11.0 Å². The molecule has 36 heavy (non-hydrogen) atoms. The number of rotatable bonds is 5. The Balaban J connectivity index is 1.53. The standard InChI is InChI=1S/C22H28O14/c1-6-3-8(23)12-9(33-6)4-10(14(25)16(12)27)35-22-20(31)18(29)15(26)11(36-22)5-32-21-19(30)17(28)13(24)7(2)34-21/h3-4,7,11,13,15,17-22,24-31H,5H2,1-2H3. The largest absolute Gasteiger partial charge is 0.504 e. The summed E-state index contributed by atoms with van der Waals surface area (Å²) in [6.07, 6.45) is -15.2. The van der Waals surface area contributed by atoms with E-state index in [0.717, 1.165) is 12.1 Å². The first-order valence-electron chi connectivity index (χ1n) is 11.1. The van der Waals surface area contributed by atoms with E-state index in [0.29, 0.717) is 0 Å². The number of hydrogen-bond acceptors (Lipinski definition) is 14. The summed E-state index contributed by atoms with van der Waals surface area (Å²) in [6.45, 7) is 2.42. The van der Waals surface area contributed by atoms with Crippen LogP contribution in [0.1, 0.15) is 12.7 Å². The highest BCUT2D eigenvalue weighted by Crippen LogP contribution is 2.42. The minimum Gasteiger partial charge on any atom is -0.504 e. The molecule has 14 heteroatoms. The molecule has 1 aromatic heterocycles. The lowest BCUT2D eigenvalue weighted by molar-refractivity contribution is -0.318. The maximum absolute atomic E-state index is 12.2. The Morgan fingerprint density at radius 3 is 2.17 bits per heavy atom. The molecule has 8 N–H and O–H groups in total. The number of hydrogen-bond donors (Lipinski definition) is 8. The normalized spacial score (nSPS) is 37.2. The molecular weight excluding hydrogens is 488 g/mol. The fourth-order valence-electron chi connectivity index (χ4n) is 4.10. The molecule has 2 fully saturated rings. The number of aliphatic hydroxyl groups is 6. The number of benzene rings is 1. The fourth-order valence-corrected chi connectivity index (χ4v) is 4.10. The molecule has 0 spiro atoms. The molecule has 10 atom stereocenters. The van der Waals surface area contributed by atoms with Crippen molar-refractivity contribution in [1.29, 1.82) is 0 Å². The lowest BCUT2D eigenvalue weighted by atomic mass is 9.98. The van der Waals surface area contributed by atoms with Crippen LogP contribution >= 0.6 is 0 Å². The molecule has 2 aliphatic rings. The third kappa shape index (κ3) is 4.74. The van der Waals surface area contributed by atoms with Gasteiger partial charge in [-0.3, -0.25) is 4.79 Å². The maximum Gasteiger partial charge on any atom is 0.229 e. The third-order valence-electron chi connectivity index (χ3n) is 6.20. The molecule has 14 nitrogen and oxygen atoms in total. The second kappa shape index (κ2) is 10.1. The number of phenols is 2. The molecule has 1 aromatic carbocycles. The Labute approximate surface area is 203 Å². The predicted molar refractivity (Wildman–Crippen MR) is 116 cm³/mol. The summed E-state index contributed by atoms with van der Waals surface area (Å²) in [5.74, 6) is -1.94. The minimum absolute atomic E-state index is 0.130. The molecular formula is C22H28O14. The first-order chi connectivity index (χ1) is 16.9. The Hall–Kier alpha value is -2.53. The van der Waals surface area contributed by atoms with Crippen molar-refractivity contribution in [3.8, 4) is 17.2 Å². The zero-order chi connectivity index (χ0) is 26.5. The van der Waals surface area contributed by atoms with Crippen molar-refractivity contribution in [1.82, 2.24) is 0 Å². The molecule has 4 rings (SSSR count). The Kier molecular flexibility index (Phi) is 7.43. The average Bonchev–Trinajstić information content (AvgIpc) is 2.82. The van der Waals surface area contributed by atoms with Crippen LogP contribution in [0.2, 0.25) is 0 Å². The van der Waals surface area contributed by atoms with E-state index in [-0.39, 0.29) is 16.7 Å². The molecule has 200 valence electrons. The smallest absolute Gasteiger partial charge is 0.229 e. The maximum atomic E-state index is 12.2. The van der Waals surface area contributed by atoms with Crippen molar-refractivity contribution in [2.75, 3.05) is 6.61 Å². The molecule has 2 aromatic rings. The van der Waals surface area contributed by atoms with Crippen LogP contribution in [0, 0.1) is 6.92 Å². The lowest BCUT2D eigenvalue weighted by Crippen LogP contribution is -2.61. The van der Waals surface area contributed by atoms with Gasteiger partial charge in [0.15, 0.2) is 23.2 Å². The molecule has 3 heterocycles. The summed E-state index contributed by atoms with van der Waals surface area (Å²) in [6, 6.07) is 2.20. The molecule has 0 amide bonds. The Morgan fingerprint density at radius 1 is 0.833 bits per heavy atom. The summed E-state index contributed by atoms with van der Waals surface area (Å²) in [5.41, 5.74) is -0.744. The number of fused-ring (bicyclic) bond motifs is 1. The Bertz CT molecular complexity index is 1150. The number of aliphatic hydroxyl groups excluding tert-OH is 6. The van der Waals surface area contributed by atoms with Crippen LogP contribution in [0.3, 0.4) is 0 Å². The quantitative estimate of drug-likeness (QED) is 0.193. The summed E-state index contributed by atoms with van der Waals surface area (Å²) in [5, 5.41) is 81.1. The number of ether oxygens (including phenoxy) is 4.